The van der Waals surface area contributed by atoms with Crippen LogP contribution in [0.5, 0.6) is 0 Å². The van der Waals surface area contributed by atoms with Crippen LogP contribution >= 0.6 is 0 Å². The molecule has 0 spiro atoms. The molecule has 0 unspecified atom stereocenters. The molecule has 2 aliphatic rings. The van der Waals surface area contributed by atoms with Crippen LogP contribution in [0, 0.1) is 0 Å². The first-order valence-corrected chi connectivity index (χ1v) is 9.78. The summed E-state index contributed by atoms with van der Waals surface area (Å²) < 4.78 is 5.37. The van der Waals surface area contributed by atoms with E-state index < -0.39 is 11.5 Å². The second kappa shape index (κ2) is 8.29. The van der Waals surface area contributed by atoms with Crippen LogP contribution in [-0.2, 0) is 19.9 Å². The number of amides is 1. The maximum Gasteiger partial charge on any atom is 0.265 e. The Kier molecular flexibility index (Phi) is 5.58. The number of nitrogens with zero attached hydrogens (tertiary/aromatic N) is 2. The smallest absolute Gasteiger partial charge is 0.265 e. The zero-order valence-electron chi connectivity index (χ0n) is 16.2. The largest absolute Gasteiger partial charge is 0.379 e. The number of fused-ring (bicyclic) bond motifs is 1. The number of carbonyl (C=O) groups excluding carboxylic acids is 2. The molecule has 0 aromatic heterocycles. The fourth-order valence-corrected chi connectivity index (χ4v) is 3.82. The number of anilines is 1. The number of allylic oxidation sites excluding steroid dienone is 1. The van der Waals surface area contributed by atoms with Crippen molar-refractivity contribution in [2.24, 2.45) is 0 Å². The van der Waals surface area contributed by atoms with E-state index in [1.54, 1.807) is 23.1 Å². The van der Waals surface area contributed by atoms with Gasteiger partial charge in [0.1, 0.15) is 0 Å². The lowest BCUT2D eigenvalue weighted by molar-refractivity contribution is -0.141. The van der Waals surface area contributed by atoms with E-state index in [2.05, 4.69) is 4.90 Å². The Balaban J connectivity index is 1.54. The second-order valence-electron chi connectivity index (χ2n) is 7.37. The number of para-hydroxylation sites is 1. The zero-order chi connectivity index (χ0) is 20.3. The van der Waals surface area contributed by atoms with Crippen LogP contribution in [0.1, 0.15) is 17.5 Å². The average Bonchev–Trinajstić information content (AvgIpc) is 2.96. The number of benzene rings is 2. The molecule has 4 rings (SSSR count). The molecule has 1 N–H and O–H groups in total. The van der Waals surface area contributed by atoms with Gasteiger partial charge < -0.3 is 9.84 Å². The summed E-state index contributed by atoms with van der Waals surface area (Å²) in [6, 6.07) is 16.6. The van der Waals surface area contributed by atoms with E-state index in [0.29, 0.717) is 31.1 Å². The van der Waals surface area contributed by atoms with Crippen molar-refractivity contribution in [3.8, 4) is 0 Å². The minimum atomic E-state index is -1.85. The summed E-state index contributed by atoms with van der Waals surface area (Å²) >= 11 is 0. The number of ketones is 1. The van der Waals surface area contributed by atoms with Gasteiger partial charge in [-0.3, -0.25) is 19.4 Å². The first-order valence-electron chi connectivity index (χ1n) is 9.78. The van der Waals surface area contributed by atoms with Crippen molar-refractivity contribution < 1.29 is 19.4 Å². The molecule has 0 bridgehead atoms. The Morgan fingerprint density at radius 1 is 1.07 bits per heavy atom. The van der Waals surface area contributed by atoms with Crippen LogP contribution in [0.25, 0.3) is 6.08 Å². The predicted octanol–water partition coefficient (Wildman–Crippen LogP) is 2.18. The molecular weight excluding hydrogens is 368 g/mol. The summed E-state index contributed by atoms with van der Waals surface area (Å²) in [7, 11) is 0. The predicted molar refractivity (Wildman–Crippen MR) is 110 cm³/mol. The van der Waals surface area contributed by atoms with E-state index in [1.165, 1.54) is 6.08 Å². The third-order valence-corrected chi connectivity index (χ3v) is 5.38. The molecule has 2 aromatic rings. The summed E-state index contributed by atoms with van der Waals surface area (Å²) in [6.45, 7) is 3.06. The zero-order valence-corrected chi connectivity index (χ0v) is 16.2. The summed E-state index contributed by atoms with van der Waals surface area (Å²) in [5, 5.41) is 11.3. The van der Waals surface area contributed by atoms with Gasteiger partial charge in [0.25, 0.3) is 5.91 Å². The van der Waals surface area contributed by atoms with E-state index in [4.69, 9.17) is 4.74 Å². The number of carbonyl (C=O) groups is 2. The van der Waals surface area contributed by atoms with Crippen molar-refractivity contribution >= 4 is 23.5 Å². The minimum absolute atomic E-state index is 0.286. The maximum absolute atomic E-state index is 13.2. The van der Waals surface area contributed by atoms with E-state index in [-0.39, 0.29) is 12.2 Å². The SMILES string of the molecule is O=C(/C=C\c1ccccc1)C[C@@]1(O)C(=O)N(CN2CCOCC2)c2ccccc21. The fourth-order valence-electron chi connectivity index (χ4n) is 3.82. The van der Waals surface area contributed by atoms with Crippen LogP contribution in [0.4, 0.5) is 5.69 Å². The summed E-state index contributed by atoms with van der Waals surface area (Å²) in [5.41, 5.74) is 0.187. The number of hydrogen-bond donors (Lipinski definition) is 1. The Hall–Kier alpha value is -2.80. The highest BCUT2D eigenvalue weighted by molar-refractivity contribution is 6.10. The van der Waals surface area contributed by atoms with Gasteiger partial charge in [0, 0.05) is 18.7 Å². The lowest BCUT2D eigenvalue weighted by atomic mass is 9.90. The molecule has 0 radical (unpaired) electrons. The van der Waals surface area contributed by atoms with Gasteiger partial charge in [0.15, 0.2) is 11.4 Å². The van der Waals surface area contributed by atoms with Crippen molar-refractivity contribution in [2.75, 3.05) is 37.9 Å². The van der Waals surface area contributed by atoms with E-state index in [1.807, 2.05) is 42.5 Å². The highest BCUT2D eigenvalue weighted by Crippen LogP contribution is 2.42. The van der Waals surface area contributed by atoms with Crippen molar-refractivity contribution in [1.29, 1.82) is 0 Å². The molecule has 2 aromatic carbocycles. The van der Waals surface area contributed by atoms with Gasteiger partial charge in [0.2, 0.25) is 0 Å². The van der Waals surface area contributed by atoms with Gasteiger partial charge in [0.05, 0.1) is 32.0 Å². The minimum Gasteiger partial charge on any atom is -0.379 e. The van der Waals surface area contributed by atoms with Gasteiger partial charge >= 0.3 is 0 Å². The molecule has 0 aliphatic carbocycles. The van der Waals surface area contributed by atoms with Crippen LogP contribution in [0.15, 0.2) is 60.7 Å². The molecule has 29 heavy (non-hydrogen) atoms. The number of aliphatic hydroxyl groups is 1. The van der Waals surface area contributed by atoms with Crippen molar-refractivity contribution in [3.05, 3.63) is 71.8 Å². The monoisotopic (exact) mass is 392 g/mol. The molecule has 1 amide bonds. The molecule has 2 aliphatic heterocycles. The first-order chi connectivity index (χ1) is 14.1. The third-order valence-electron chi connectivity index (χ3n) is 5.38. The van der Waals surface area contributed by atoms with Crippen LogP contribution in [0.2, 0.25) is 0 Å². The molecular formula is C23H24N2O4. The van der Waals surface area contributed by atoms with Gasteiger partial charge in [-0.05, 0) is 17.7 Å². The topological polar surface area (TPSA) is 70.1 Å². The molecule has 1 atom stereocenters. The highest BCUT2D eigenvalue weighted by atomic mass is 16.5. The van der Waals surface area contributed by atoms with Gasteiger partial charge in [-0.2, -0.15) is 0 Å². The Morgan fingerprint density at radius 2 is 1.76 bits per heavy atom. The Morgan fingerprint density at radius 3 is 2.52 bits per heavy atom. The van der Waals surface area contributed by atoms with E-state index in [9.17, 15) is 14.7 Å². The van der Waals surface area contributed by atoms with Crippen molar-refractivity contribution in [1.82, 2.24) is 4.90 Å². The Bertz CT molecular complexity index is 921. The van der Waals surface area contributed by atoms with Gasteiger partial charge in [-0.25, -0.2) is 0 Å². The second-order valence-corrected chi connectivity index (χ2v) is 7.37. The molecule has 150 valence electrons. The van der Waals surface area contributed by atoms with Gasteiger partial charge in [-0.1, -0.05) is 54.6 Å². The van der Waals surface area contributed by atoms with Crippen LogP contribution in [-0.4, -0.2) is 54.7 Å². The number of hydrogen-bond acceptors (Lipinski definition) is 5. The van der Waals surface area contributed by atoms with E-state index in [0.717, 1.165) is 18.7 Å². The molecule has 0 saturated carbocycles. The third kappa shape index (κ3) is 4.00. The van der Waals surface area contributed by atoms with Crippen molar-refractivity contribution in [3.63, 3.8) is 0 Å². The molecule has 6 heteroatoms. The van der Waals surface area contributed by atoms with Crippen LogP contribution < -0.4 is 4.90 Å². The standard InChI is InChI=1S/C23H24N2O4/c26-19(11-10-18-6-2-1-3-7-18)16-23(28)20-8-4-5-9-21(20)25(22(23)27)17-24-12-14-29-15-13-24/h1-11,28H,12-17H2/b11-10-/t23-/m0/s1. The molecule has 1 fully saturated rings. The van der Waals surface area contributed by atoms with Crippen molar-refractivity contribution in [2.45, 2.75) is 12.0 Å². The van der Waals surface area contributed by atoms with Crippen LogP contribution in [0.3, 0.4) is 0 Å². The quantitative estimate of drug-likeness (QED) is 0.763. The highest BCUT2D eigenvalue weighted by Gasteiger charge is 2.50. The van der Waals surface area contributed by atoms with E-state index >= 15 is 0 Å². The van der Waals surface area contributed by atoms with Gasteiger partial charge in [-0.15, -0.1) is 0 Å². The lowest BCUT2D eigenvalue weighted by Gasteiger charge is -2.31. The molecule has 6 nitrogen and oxygen atoms in total. The normalized spacial score (nSPS) is 22.2. The lowest BCUT2D eigenvalue weighted by Crippen LogP contribution is -2.48. The number of morpholine rings is 1. The first kappa shape index (κ1) is 19.5. The fraction of sp³-hybridized carbons (Fsp3) is 0.304. The molecule has 1 saturated heterocycles. The average molecular weight is 392 g/mol. The maximum atomic E-state index is 13.2. The molecule has 2 heterocycles. The summed E-state index contributed by atoms with van der Waals surface area (Å²) in [6.07, 6.45) is 2.84. The number of rotatable bonds is 6. The summed E-state index contributed by atoms with van der Waals surface area (Å²) in [5.74, 6) is -0.751. The Labute approximate surface area is 170 Å². The number of ether oxygens (including phenoxy) is 1. The summed E-state index contributed by atoms with van der Waals surface area (Å²) in [4.78, 5) is 29.5.